The molecule has 0 bridgehead atoms. The lowest BCUT2D eigenvalue weighted by atomic mass is 10.0. The predicted molar refractivity (Wildman–Crippen MR) is 94.8 cm³/mol. The highest BCUT2D eigenvalue weighted by Gasteiger charge is 2.19. The van der Waals surface area contributed by atoms with Gasteiger partial charge in [0.15, 0.2) is 0 Å². The first-order valence-corrected chi connectivity index (χ1v) is 8.33. The summed E-state index contributed by atoms with van der Waals surface area (Å²) in [4.78, 5) is 17.4. The number of benzene rings is 2. The molecule has 2 aromatic rings. The van der Waals surface area contributed by atoms with Crippen LogP contribution in [0.4, 0.5) is 0 Å². The number of hydrogen-bond donors (Lipinski definition) is 1. The number of nitrogens with one attached hydrogen (secondary N) is 1. The van der Waals surface area contributed by atoms with Crippen molar-refractivity contribution in [2.24, 2.45) is 0 Å². The fourth-order valence-electron chi connectivity index (χ4n) is 3.15. The third-order valence-corrected chi connectivity index (χ3v) is 4.75. The van der Waals surface area contributed by atoms with Crippen molar-refractivity contribution in [1.29, 1.82) is 0 Å². The fraction of sp³-hybridized carbons (Fsp3) is 0.421. The van der Waals surface area contributed by atoms with Crippen LogP contribution in [-0.2, 0) is 0 Å². The standard InChI is InChI=1S/C19H25N3O/c1-15(22-12-10-21(2)11-13-22)14-20-19(23)18-9-5-7-16-6-3-4-8-17(16)18/h3-9,15H,10-14H2,1-2H3,(H,20,23)/t15-/m1/s1. The first kappa shape index (κ1) is 16.0. The van der Waals surface area contributed by atoms with Crippen LogP contribution in [0.3, 0.4) is 0 Å². The lowest BCUT2D eigenvalue weighted by Gasteiger charge is -2.36. The second-order valence-corrected chi connectivity index (χ2v) is 6.43. The van der Waals surface area contributed by atoms with Gasteiger partial charge in [-0.05, 0) is 30.8 Å². The minimum atomic E-state index is 0.0165. The van der Waals surface area contributed by atoms with E-state index >= 15 is 0 Å². The molecule has 1 N–H and O–H groups in total. The van der Waals surface area contributed by atoms with E-state index in [0.717, 1.165) is 42.5 Å². The van der Waals surface area contributed by atoms with E-state index in [-0.39, 0.29) is 5.91 Å². The van der Waals surface area contributed by atoms with Crippen molar-refractivity contribution in [3.63, 3.8) is 0 Å². The summed E-state index contributed by atoms with van der Waals surface area (Å²) in [7, 11) is 2.16. The molecule has 0 unspecified atom stereocenters. The average molecular weight is 311 g/mol. The molecule has 0 aromatic heterocycles. The molecule has 1 aliphatic rings. The summed E-state index contributed by atoms with van der Waals surface area (Å²) in [5, 5.41) is 5.22. The zero-order valence-electron chi connectivity index (χ0n) is 14.0. The quantitative estimate of drug-likeness (QED) is 0.940. The normalized spacial score (nSPS) is 18.0. The van der Waals surface area contributed by atoms with E-state index in [4.69, 9.17) is 0 Å². The van der Waals surface area contributed by atoms with Gasteiger partial charge in [0.25, 0.3) is 5.91 Å². The third kappa shape index (κ3) is 3.71. The summed E-state index contributed by atoms with van der Waals surface area (Å²) in [6, 6.07) is 14.3. The van der Waals surface area contributed by atoms with E-state index in [0.29, 0.717) is 12.6 Å². The lowest BCUT2D eigenvalue weighted by molar-refractivity contribution is 0.0905. The minimum absolute atomic E-state index is 0.0165. The molecule has 1 heterocycles. The predicted octanol–water partition coefficient (Wildman–Crippen LogP) is 2.21. The molecule has 0 spiro atoms. The van der Waals surface area contributed by atoms with Crippen LogP contribution >= 0.6 is 0 Å². The summed E-state index contributed by atoms with van der Waals surface area (Å²) in [6.45, 7) is 7.22. The van der Waals surface area contributed by atoms with Crippen LogP contribution in [0.15, 0.2) is 42.5 Å². The van der Waals surface area contributed by atoms with Gasteiger partial charge >= 0.3 is 0 Å². The van der Waals surface area contributed by atoms with Gasteiger partial charge in [-0.15, -0.1) is 0 Å². The molecule has 4 heteroatoms. The molecular formula is C19H25N3O. The molecule has 122 valence electrons. The number of piperazine rings is 1. The smallest absolute Gasteiger partial charge is 0.251 e. The zero-order chi connectivity index (χ0) is 16.2. The Hall–Kier alpha value is -1.91. The maximum absolute atomic E-state index is 12.6. The van der Waals surface area contributed by atoms with Gasteiger partial charge in [-0.25, -0.2) is 0 Å². The summed E-state index contributed by atoms with van der Waals surface area (Å²) in [6.07, 6.45) is 0. The molecule has 1 fully saturated rings. The number of rotatable bonds is 4. The second kappa shape index (κ2) is 7.11. The molecule has 0 aliphatic carbocycles. The molecule has 1 amide bonds. The highest BCUT2D eigenvalue weighted by Crippen LogP contribution is 2.18. The van der Waals surface area contributed by atoms with Gasteiger partial charge in [0.2, 0.25) is 0 Å². The van der Waals surface area contributed by atoms with Crippen molar-refractivity contribution in [2.45, 2.75) is 13.0 Å². The molecular weight excluding hydrogens is 286 g/mol. The highest BCUT2D eigenvalue weighted by molar-refractivity contribution is 6.06. The first-order chi connectivity index (χ1) is 11.1. The van der Waals surface area contributed by atoms with Gasteiger partial charge in [0, 0.05) is 44.3 Å². The number of fused-ring (bicyclic) bond motifs is 1. The molecule has 23 heavy (non-hydrogen) atoms. The van der Waals surface area contributed by atoms with Gasteiger partial charge < -0.3 is 10.2 Å². The van der Waals surface area contributed by atoms with Gasteiger partial charge in [0.1, 0.15) is 0 Å². The van der Waals surface area contributed by atoms with Crippen molar-refractivity contribution in [3.8, 4) is 0 Å². The number of amides is 1. The Morgan fingerprint density at radius 2 is 1.78 bits per heavy atom. The summed E-state index contributed by atoms with van der Waals surface area (Å²) in [5.74, 6) is 0.0165. The highest BCUT2D eigenvalue weighted by atomic mass is 16.1. The monoisotopic (exact) mass is 311 g/mol. The Morgan fingerprint density at radius 1 is 1.09 bits per heavy atom. The maximum atomic E-state index is 12.6. The van der Waals surface area contributed by atoms with Crippen LogP contribution in [0.2, 0.25) is 0 Å². The van der Waals surface area contributed by atoms with Crippen molar-refractivity contribution >= 4 is 16.7 Å². The second-order valence-electron chi connectivity index (χ2n) is 6.43. The topological polar surface area (TPSA) is 35.6 Å². The fourth-order valence-corrected chi connectivity index (χ4v) is 3.15. The average Bonchev–Trinajstić information content (AvgIpc) is 2.59. The molecule has 2 aromatic carbocycles. The van der Waals surface area contributed by atoms with Crippen molar-refractivity contribution in [3.05, 3.63) is 48.0 Å². The Labute approximate surface area is 138 Å². The van der Waals surface area contributed by atoms with Crippen LogP contribution < -0.4 is 5.32 Å². The van der Waals surface area contributed by atoms with Crippen LogP contribution in [0.25, 0.3) is 10.8 Å². The largest absolute Gasteiger partial charge is 0.350 e. The molecule has 1 aliphatic heterocycles. The van der Waals surface area contributed by atoms with Gasteiger partial charge in [-0.3, -0.25) is 9.69 Å². The van der Waals surface area contributed by atoms with Crippen LogP contribution in [-0.4, -0.2) is 61.5 Å². The minimum Gasteiger partial charge on any atom is -0.350 e. The first-order valence-electron chi connectivity index (χ1n) is 8.33. The van der Waals surface area contributed by atoms with Crippen molar-refractivity contribution in [2.75, 3.05) is 39.8 Å². The molecule has 1 saturated heterocycles. The van der Waals surface area contributed by atoms with Crippen LogP contribution in [0.5, 0.6) is 0 Å². The van der Waals surface area contributed by atoms with Gasteiger partial charge in [0.05, 0.1) is 0 Å². The Balaban J connectivity index is 1.62. The molecule has 0 saturated carbocycles. The molecule has 0 radical (unpaired) electrons. The van der Waals surface area contributed by atoms with E-state index in [1.807, 2.05) is 42.5 Å². The lowest BCUT2D eigenvalue weighted by Crippen LogP contribution is -2.51. The Morgan fingerprint density at radius 3 is 2.57 bits per heavy atom. The van der Waals surface area contributed by atoms with Crippen molar-refractivity contribution in [1.82, 2.24) is 15.1 Å². The number of carbonyl (C=O) groups excluding carboxylic acids is 1. The maximum Gasteiger partial charge on any atom is 0.251 e. The zero-order valence-corrected chi connectivity index (χ0v) is 14.0. The third-order valence-electron chi connectivity index (χ3n) is 4.75. The van der Waals surface area contributed by atoms with Gasteiger partial charge in [-0.1, -0.05) is 36.4 Å². The Kier molecular flexibility index (Phi) is 4.94. The van der Waals surface area contributed by atoms with E-state index in [2.05, 4.69) is 29.1 Å². The van der Waals surface area contributed by atoms with E-state index in [1.54, 1.807) is 0 Å². The van der Waals surface area contributed by atoms with E-state index < -0.39 is 0 Å². The van der Waals surface area contributed by atoms with E-state index in [1.165, 1.54) is 0 Å². The van der Waals surface area contributed by atoms with Crippen molar-refractivity contribution < 1.29 is 4.79 Å². The van der Waals surface area contributed by atoms with Crippen LogP contribution in [0, 0.1) is 0 Å². The summed E-state index contributed by atoms with van der Waals surface area (Å²) in [5.41, 5.74) is 0.758. The molecule has 4 nitrogen and oxygen atoms in total. The van der Waals surface area contributed by atoms with Gasteiger partial charge in [-0.2, -0.15) is 0 Å². The SMILES string of the molecule is C[C@H](CNC(=O)c1cccc2ccccc12)N1CCN(C)CC1. The Bertz CT molecular complexity index is 672. The molecule has 3 rings (SSSR count). The molecule has 1 atom stereocenters. The number of carbonyl (C=O) groups is 1. The summed E-state index contributed by atoms with van der Waals surface area (Å²) < 4.78 is 0. The van der Waals surface area contributed by atoms with Crippen LogP contribution in [0.1, 0.15) is 17.3 Å². The number of hydrogen-bond acceptors (Lipinski definition) is 3. The summed E-state index contributed by atoms with van der Waals surface area (Å²) >= 11 is 0. The number of likely N-dealkylation sites (N-methyl/N-ethyl adjacent to an activating group) is 1. The van der Waals surface area contributed by atoms with E-state index in [9.17, 15) is 4.79 Å². The number of nitrogens with zero attached hydrogens (tertiary/aromatic N) is 2.